The van der Waals surface area contributed by atoms with Gasteiger partial charge < -0.3 is 14.8 Å². The van der Waals surface area contributed by atoms with Crippen LogP contribution in [0.4, 0.5) is 5.69 Å². The van der Waals surface area contributed by atoms with Crippen molar-refractivity contribution in [2.24, 2.45) is 0 Å². The second-order valence-electron chi connectivity index (χ2n) is 6.76. The smallest absolute Gasteiger partial charge is 0.243 e. The number of anilines is 1. The highest BCUT2D eigenvalue weighted by molar-refractivity contribution is 7.92. The normalized spacial score (nSPS) is 16.4. The van der Waals surface area contributed by atoms with Crippen LogP contribution in [0.1, 0.15) is 20.3 Å². The van der Waals surface area contributed by atoms with E-state index in [1.54, 1.807) is 31.2 Å². The number of carbonyl (C=O) groups excluding carboxylic acids is 1. The predicted molar refractivity (Wildman–Crippen MR) is 109 cm³/mol. The molecule has 0 aliphatic carbocycles. The van der Waals surface area contributed by atoms with Crippen molar-refractivity contribution in [3.63, 3.8) is 0 Å². The van der Waals surface area contributed by atoms with Gasteiger partial charge in [-0.3, -0.25) is 14.0 Å². The number of carbonyl (C=O) groups is 1. The molecule has 0 radical (unpaired) electrons. The minimum Gasteiger partial charge on any atom is -0.494 e. The van der Waals surface area contributed by atoms with Crippen molar-refractivity contribution < 1.29 is 22.7 Å². The van der Waals surface area contributed by atoms with Gasteiger partial charge in [0.1, 0.15) is 11.8 Å². The number of nitrogens with zero attached hydrogens (tertiary/aromatic N) is 2. The first-order valence-electron chi connectivity index (χ1n) is 9.63. The fourth-order valence-electron chi connectivity index (χ4n) is 3.15. The Morgan fingerprint density at radius 3 is 2.50 bits per heavy atom. The lowest BCUT2D eigenvalue weighted by molar-refractivity contribution is -0.121. The molecule has 1 atom stereocenters. The standard InChI is InChI=1S/C19H31N3O5S/c1-4-27-18-8-6-17(7-9-18)22(28(3,24)25)16(2)19(23)20-10-5-11-21-12-14-26-15-13-21/h6-9,16H,4-5,10-15H2,1-3H3,(H,20,23)/t16-/m1/s1. The van der Waals surface area contributed by atoms with E-state index in [0.717, 1.165) is 49.8 Å². The molecule has 28 heavy (non-hydrogen) atoms. The van der Waals surface area contributed by atoms with E-state index in [-0.39, 0.29) is 5.91 Å². The molecule has 1 aliphatic rings. The zero-order valence-electron chi connectivity index (χ0n) is 16.9. The molecule has 0 unspecified atom stereocenters. The number of hydrogen-bond donors (Lipinski definition) is 1. The first kappa shape index (κ1) is 22.4. The molecular formula is C19H31N3O5S. The van der Waals surface area contributed by atoms with Gasteiger partial charge in [0.2, 0.25) is 15.9 Å². The molecule has 9 heteroatoms. The van der Waals surface area contributed by atoms with Crippen LogP contribution >= 0.6 is 0 Å². The molecule has 0 saturated carbocycles. The van der Waals surface area contributed by atoms with Crippen molar-refractivity contribution in [2.45, 2.75) is 26.3 Å². The van der Waals surface area contributed by atoms with E-state index < -0.39 is 16.1 Å². The molecule has 1 N–H and O–H groups in total. The third kappa shape index (κ3) is 6.65. The highest BCUT2D eigenvalue weighted by Crippen LogP contribution is 2.24. The van der Waals surface area contributed by atoms with Crippen LogP contribution in [0.15, 0.2) is 24.3 Å². The molecule has 1 saturated heterocycles. The second kappa shape index (κ2) is 10.6. The SMILES string of the molecule is CCOc1ccc(N([C@H](C)C(=O)NCCCN2CCOCC2)S(C)(=O)=O)cc1. The Morgan fingerprint density at radius 1 is 1.29 bits per heavy atom. The summed E-state index contributed by atoms with van der Waals surface area (Å²) < 4.78 is 36.5. The van der Waals surface area contributed by atoms with Gasteiger partial charge in [-0.2, -0.15) is 0 Å². The van der Waals surface area contributed by atoms with Gasteiger partial charge in [0.15, 0.2) is 0 Å². The van der Waals surface area contributed by atoms with Gasteiger partial charge in [-0.1, -0.05) is 0 Å². The second-order valence-corrected chi connectivity index (χ2v) is 8.62. The molecule has 1 aromatic carbocycles. The molecule has 1 amide bonds. The third-order valence-corrected chi connectivity index (χ3v) is 5.79. The van der Waals surface area contributed by atoms with Crippen LogP contribution in [-0.2, 0) is 19.6 Å². The number of amides is 1. The van der Waals surface area contributed by atoms with Crippen LogP contribution in [0.2, 0.25) is 0 Å². The Bertz CT molecular complexity index is 718. The molecule has 2 rings (SSSR count). The first-order valence-corrected chi connectivity index (χ1v) is 11.5. The van der Waals surface area contributed by atoms with Crippen molar-refractivity contribution >= 4 is 21.6 Å². The van der Waals surface area contributed by atoms with E-state index >= 15 is 0 Å². The molecule has 1 aromatic rings. The Labute approximate surface area is 167 Å². The van der Waals surface area contributed by atoms with Gasteiger partial charge in [-0.15, -0.1) is 0 Å². The number of sulfonamides is 1. The highest BCUT2D eigenvalue weighted by atomic mass is 32.2. The Kier molecular flexibility index (Phi) is 8.53. The lowest BCUT2D eigenvalue weighted by atomic mass is 10.2. The van der Waals surface area contributed by atoms with Crippen LogP contribution < -0.4 is 14.4 Å². The molecular weight excluding hydrogens is 382 g/mol. The van der Waals surface area contributed by atoms with Crippen molar-refractivity contribution in [2.75, 3.05) is 56.6 Å². The third-order valence-electron chi connectivity index (χ3n) is 4.54. The van der Waals surface area contributed by atoms with E-state index in [0.29, 0.717) is 24.6 Å². The molecule has 0 spiro atoms. The maximum absolute atomic E-state index is 12.5. The minimum atomic E-state index is -3.63. The van der Waals surface area contributed by atoms with Crippen molar-refractivity contribution in [1.82, 2.24) is 10.2 Å². The molecule has 0 bridgehead atoms. The maximum atomic E-state index is 12.5. The summed E-state index contributed by atoms with van der Waals surface area (Å²) >= 11 is 0. The van der Waals surface area contributed by atoms with Gasteiger partial charge in [-0.25, -0.2) is 8.42 Å². The fraction of sp³-hybridized carbons (Fsp3) is 0.632. The number of rotatable bonds is 10. The van der Waals surface area contributed by atoms with Crippen LogP contribution in [0.25, 0.3) is 0 Å². The number of ether oxygens (including phenoxy) is 2. The van der Waals surface area contributed by atoms with Gasteiger partial charge in [0, 0.05) is 19.6 Å². The summed E-state index contributed by atoms with van der Waals surface area (Å²) in [7, 11) is -3.63. The zero-order valence-corrected chi connectivity index (χ0v) is 17.7. The topological polar surface area (TPSA) is 88.2 Å². The largest absolute Gasteiger partial charge is 0.494 e. The average Bonchev–Trinajstić information content (AvgIpc) is 2.66. The number of hydrogen-bond acceptors (Lipinski definition) is 6. The van der Waals surface area contributed by atoms with Crippen molar-refractivity contribution in [3.8, 4) is 5.75 Å². The van der Waals surface area contributed by atoms with E-state index in [1.165, 1.54) is 0 Å². The average molecular weight is 414 g/mol. The first-order chi connectivity index (χ1) is 13.3. The minimum absolute atomic E-state index is 0.318. The zero-order chi connectivity index (χ0) is 20.6. The van der Waals surface area contributed by atoms with Crippen LogP contribution in [0.5, 0.6) is 5.75 Å². The van der Waals surface area contributed by atoms with Crippen molar-refractivity contribution in [3.05, 3.63) is 24.3 Å². The summed E-state index contributed by atoms with van der Waals surface area (Å²) in [6.07, 6.45) is 1.91. The number of nitrogens with one attached hydrogen (secondary N) is 1. The predicted octanol–water partition coefficient (Wildman–Crippen LogP) is 1.08. The van der Waals surface area contributed by atoms with Gasteiger partial charge >= 0.3 is 0 Å². The van der Waals surface area contributed by atoms with E-state index in [4.69, 9.17) is 9.47 Å². The Morgan fingerprint density at radius 2 is 1.93 bits per heavy atom. The summed E-state index contributed by atoms with van der Waals surface area (Å²) in [5.41, 5.74) is 0.432. The Hall–Kier alpha value is -1.84. The van der Waals surface area contributed by atoms with Gasteiger partial charge in [0.05, 0.1) is 31.8 Å². The fourth-order valence-corrected chi connectivity index (χ4v) is 4.33. The summed E-state index contributed by atoms with van der Waals surface area (Å²) in [5.74, 6) is 0.334. The van der Waals surface area contributed by atoms with Crippen LogP contribution in [0.3, 0.4) is 0 Å². The summed E-state index contributed by atoms with van der Waals surface area (Å²) in [5, 5.41) is 2.85. The number of morpholine rings is 1. The van der Waals surface area contributed by atoms with Crippen molar-refractivity contribution in [1.29, 1.82) is 0 Å². The van der Waals surface area contributed by atoms with E-state index in [2.05, 4.69) is 10.2 Å². The van der Waals surface area contributed by atoms with E-state index in [9.17, 15) is 13.2 Å². The van der Waals surface area contributed by atoms with Crippen LogP contribution in [-0.4, -0.2) is 77.5 Å². The molecule has 158 valence electrons. The lowest BCUT2D eigenvalue weighted by Crippen LogP contribution is -2.48. The molecule has 1 heterocycles. The maximum Gasteiger partial charge on any atom is 0.243 e. The summed E-state index contributed by atoms with van der Waals surface area (Å²) in [4.78, 5) is 14.8. The Balaban J connectivity index is 1.93. The summed E-state index contributed by atoms with van der Waals surface area (Å²) in [6.45, 7) is 8.68. The quantitative estimate of drug-likeness (QED) is 0.578. The highest BCUT2D eigenvalue weighted by Gasteiger charge is 2.29. The van der Waals surface area contributed by atoms with E-state index in [1.807, 2.05) is 6.92 Å². The van der Waals surface area contributed by atoms with Gasteiger partial charge in [-0.05, 0) is 51.1 Å². The van der Waals surface area contributed by atoms with Crippen LogP contribution in [0, 0.1) is 0 Å². The van der Waals surface area contributed by atoms with Gasteiger partial charge in [0.25, 0.3) is 0 Å². The number of benzene rings is 1. The molecule has 1 aliphatic heterocycles. The molecule has 1 fully saturated rings. The molecule has 0 aromatic heterocycles. The summed E-state index contributed by atoms with van der Waals surface area (Å²) in [6, 6.07) is 5.84. The molecule has 8 nitrogen and oxygen atoms in total. The monoisotopic (exact) mass is 413 g/mol. The lowest BCUT2D eigenvalue weighted by Gasteiger charge is -2.29.